The minimum Gasteiger partial charge on any atom is -0.360 e. The van der Waals surface area contributed by atoms with Crippen molar-refractivity contribution in [2.24, 2.45) is 5.41 Å². The fraction of sp³-hybridized carbons (Fsp3) is 0.353. The van der Waals surface area contributed by atoms with Crippen LogP contribution in [0.25, 0.3) is 0 Å². The Bertz CT molecular complexity index is 768. The molecule has 1 saturated carbocycles. The highest BCUT2D eigenvalue weighted by Gasteiger charge is 2.56. The zero-order chi connectivity index (χ0) is 17.2. The Morgan fingerprint density at radius 2 is 2.08 bits per heavy atom. The first kappa shape index (κ1) is 16.5. The fourth-order valence-electron chi connectivity index (χ4n) is 2.53. The van der Waals surface area contributed by atoms with Crippen LogP contribution in [-0.2, 0) is 16.0 Å². The number of nitrogens with zero attached hydrogens (tertiary/aromatic N) is 1. The Labute approximate surface area is 144 Å². The molecule has 24 heavy (non-hydrogen) atoms. The average Bonchev–Trinajstić information content (AvgIpc) is 3.26. The third-order valence-corrected chi connectivity index (χ3v) is 4.31. The van der Waals surface area contributed by atoms with Crippen molar-refractivity contribution >= 4 is 29.2 Å². The van der Waals surface area contributed by atoms with E-state index in [1.807, 2.05) is 18.2 Å². The lowest BCUT2D eigenvalue weighted by atomic mass is 10.0. The molecule has 2 N–H and O–H groups in total. The molecule has 1 fully saturated rings. The number of hydrogen-bond donors (Lipinski definition) is 2. The minimum atomic E-state index is -0.985. The van der Waals surface area contributed by atoms with Gasteiger partial charge in [0.25, 0.3) is 0 Å². The van der Waals surface area contributed by atoms with E-state index in [0.29, 0.717) is 42.4 Å². The second-order valence-corrected chi connectivity index (χ2v) is 6.43. The molecule has 0 radical (unpaired) electrons. The molecule has 1 aromatic heterocycles. The van der Waals surface area contributed by atoms with Crippen molar-refractivity contribution in [2.75, 3.05) is 11.9 Å². The van der Waals surface area contributed by atoms with Crippen LogP contribution in [0.5, 0.6) is 0 Å². The molecule has 1 aliphatic rings. The normalized spacial score (nSPS) is 14.9. The van der Waals surface area contributed by atoms with Crippen LogP contribution >= 0.6 is 11.6 Å². The van der Waals surface area contributed by atoms with E-state index < -0.39 is 5.41 Å². The van der Waals surface area contributed by atoms with Crippen molar-refractivity contribution in [3.63, 3.8) is 0 Å². The zero-order valence-electron chi connectivity index (χ0n) is 13.3. The van der Waals surface area contributed by atoms with E-state index in [4.69, 9.17) is 16.1 Å². The van der Waals surface area contributed by atoms with Crippen molar-refractivity contribution in [3.05, 3.63) is 46.7 Å². The molecular weight excluding hydrogens is 330 g/mol. The van der Waals surface area contributed by atoms with Crippen LogP contribution in [-0.4, -0.2) is 23.5 Å². The maximum atomic E-state index is 12.4. The van der Waals surface area contributed by atoms with Gasteiger partial charge in [0.05, 0.1) is 0 Å². The summed E-state index contributed by atoms with van der Waals surface area (Å²) >= 11 is 5.94. The number of hydrogen-bond acceptors (Lipinski definition) is 4. The van der Waals surface area contributed by atoms with Gasteiger partial charge in [-0.1, -0.05) is 28.9 Å². The van der Waals surface area contributed by atoms with Crippen molar-refractivity contribution in [2.45, 2.75) is 26.2 Å². The van der Waals surface area contributed by atoms with Crippen LogP contribution in [0.4, 0.5) is 5.82 Å². The lowest BCUT2D eigenvalue weighted by molar-refractivity contribution is -0.134. The van der Waals surface area contributed by atoms with E-state index >= 15 is 0 Å². The van der Waals surface area contributed by atoms with Gasteiger partial charge in [-0.2, -0.15) is 0 Å². The van der Waals surface area contributed by atoms with E-state index in [1.165, 1.54) is 0 Å². The molecule has 7 heteroatoms. The summed E-state index contributed by atoms with van der Waals surface area (Å²) in [7, 11) is 0. The van der Waals surface area contributed by atoms with Crippen LogP contribution in [0, 0.1) is 12.3 Å². The van der Waals surface area contributed by atoms with Gasteiger partial charge in [0.2, 0.25) is 11.8 Å². The first-order valence-corrected chi connectivity index (χ1v) is 8.15. The summed E-state index contributed by atoms with van der Waals surface area (Å²) in [6.45, 7) is 2.19. The number of amides is 2. The standard InChI is InChI=1S/C17H18ClN3O3/c1-11-9-14(21-24-11)20-16(23)17(6-7-17)15(22)19-8-5-12-3-2-4-13(18)10-12/h2-4,9-10H,5-8H2,1H3,(H,19,22)(H,20,21,23). The first-order valence-electron chi connectivity index (χ1n) is 7.77. The average molecular weight is 348 g/mol. The summed E-state index contributed by atoms with van der Waals surface area (Å²) in [4.78, 5) is 24.7. The molecule has 3 rings (SSSR count). The number of nitrogens with one attached hydrogen (secondary N) is 2. The predicted molar refractivity (Wildman–Crippen MR) is 89.7 cm³/mol. The van der Waals surface area contributed by atoms with Gasteiger partial charge in [-0.25, -0.2) is 0 Å². The third kappa shape index (κ3) is 3.59. The lowest BCUT2D eigenvalue weighted by Crippen LogP contribution is -2.40. The number of aryl methyl sites for hydroxylation is 1. The second kappa shape index (κ2) is 6.65. The molecule has 2 aromatic rings. The van der Waals surface area contributed by atoms with Crippen LogP contribution in [0.2, 0.25) is 5.02 Å². The largest absolute Gasteiger partial charge is 0.360 e. The Kier molecular flexibility index (Phi) is 4.57. The fourth-order valence-corrected chi connectivity index (χ4v) is 2.74. The van der Waals surface area contributed by atoms with Gasteiger partial charge >= 0.3 is 0 Å². The van der Waals surface area contributed by atoms with Gasteiger partial charge in [0.1, 0.15) is 11.2 Å². The first-order chi connectivity index (χ1) is 11.5. The summed E-state index contributed by atoms with van der Waals surface area (Å²) in [5.74, 6) is 0.343. The third-order valence-electron chi connectivity index (χ3n) is 4.08. The molecule has 0 saturated heterocycles. The molecule has 6 nitrogen and oxygen atoms in total. The van der Waals surface area contributed by atoms with E-state index in [2.05, 4.69) is 15.8 Å². The summed E-state index contributed by atoms with van der Waals surface area (Å²) in [5, 5.41) is 9.86. The van der Waals surface area contributed by atoms with Crippen molar-refractivity contribution in [3.8, 4) is 0 Å². The maximum Gasteiger partial charge on any atom is 0.241 e. The highest BCUT2D eigenvalue weighted by molar-refractivity contribution is 6.30. The number of benzene rings is 1. The Morgan fingerprint density at radius 3 is 2.71 bits per heavy atom. The van der Waals surface area contributed by atoms with Crippen molar-refractivity contribution in [1.82, 2.24) is 10.5 Å². The van der Waals surface area contributed by atoms with Crippen molar-refractivity contribution < 1.29 is 14.1 Å². The van der Waals surface area contributed by atoms with Crippen LogP contribution in [0.15, 0.2) is 34.9 Å². The van der Waals surface area contributed by atoms with Crippen LogP contribution in [0.3, 0.4) is 0 Å². The van der Waals surface area contributed by atoms with Gasteiger partial charge in [-0.3, -0.25) is 9.59 Å². The quantitative estimate of drug-likeness (QED) is 0.787. The number of aromatic nitrogens is 1. The number of carbonyl (C=O) groups excluding carboxylic acids is 2. The monoisotopic (exact) mass is 347 g/mol. The molecule has 1 aromatic carbocycles. The highest BCUT2D eigenvalue weighted by atomic mass is 35.5. The van der Waals surface area contributed by atoms with E-state index in [-0.39, 0.29) is 11.8 Å². The molecule has 0 atom stereocenters. The number of carbonyl (C=O) groups is 2. The lowest BCUT2D eigenvalue weighted by Gasteiger charge is -2.14. The van der Waals surface area contributed by atoms with Crippen LogP contribution < -0.4 is 10.6 Å². The molecule has 0 spiro atoms. The topological polar surface area (TPSA) is 84.2 Å². The Hall–Kier alpha value is -2.34. The summed E-state index contributed by atoms with van der Waals surface area (Å²) in [5.41, 5.74) is 0.0523. The molecule has 2 amide bonds. The number of halogens is 1. The molecule has 0 unspecified atom stereocenters. The molecule has 1 heterocycles. The van der Waals surface area contributed by atoms with Crippen molar-refractivity contribution in [1.29, 1.82) is 0 Å². The minimum absolute atomic E-state index is 0.248. The summed E-state index contributed by atoms with van der Waals surface area (Å²) < 4.78 is 4.91. The Morgan fingerprint density at radius 1 is 1.29 bits per heavy atom. The van der Waals surface area contributed by atoms with Gasteiger partial charge in [0, 0.05) is 17.6 Å². The predicted octanol–water partition coefficient (Wildman–Crippen LogP) is 2.71. The zero-order valence-corrected chi connectivity index (χ0v) is 14.0. The molecule has 0 bridgehead atoms. The molecule has 0 aliphatic heterocycles. The number of rotatable bonds is 6. The van der Waals surface area contributed by atoms with E-state index in [9.17, 15) is 9.59 Å². The maximum absolute atomic E-state index is 12.4. The van der Waals surface area contributed by atoms with Gasteiger partial charge in [-0.15, -0.1) is 0 Å². The smallest absolute Gasteiger partial charge is 0.241 e. The van der Waals surface area contributed by atoms with Crippen LogP contribution in [0.1, 0.15) is 24.2 Å². The summed E-state index contributed by atoms with van der Waals surface area (Å²) in [6.07, 6.45) is 1.74. The molecule has 126 valence electrons. The van der Waals surface area contributed by atoms with Gasteiger partial charge in [-0.05, 0) is 43.9 Å². The highest BCUT2D eigenvalue weighted by Crippen LogP contribution is 2.46. The second-order valence-electron chi connectivity index (χ2n) is 5.99. The van der Waals surface area contributed by atoms with Gasteiger partial charge < -0.3 is 15.2 Å². The van der Waals surface area contributed by atoms with E-state index in [1.54, 1.807) is 19.1 Å². The summed E-state index contributed by atoms with van der Waals surface area (Å²) in [6, 6.07) is 9.10. The Balaban J connectivity index is 1.53. The molecular formula is C17H18ClN3O3. The van der Waals surface area contributed by atoms with Gasteiger partial charge in [0.15, 0.2) is 5.82 Å². The number of anilines is 1. The molecule has 1 aliphatic carbocycles. The van der Waals surface area contributed by atoms with E-state index in [0.717, 1.165) is 5.56 Å². The SMILES string of the molecule is Cc1cc(NC(=O)C2(C(=O)NCCc3cccc(Cl)c3)CC2)no1.